The monoisotopic (exact) mass is 848 g/mol. The van der Waals surface area contributed by atoms with E-state index in [0.717, 1.165) is 57.8 Å². The maximum Gasteiger partial charge on any atom is 0.306 e. The summed E-state index contributed by atoms with van der Waals surface area (Å²) in [6, 6.07) is -0.699. The number of rotatable bonds is 49. The third-order valence-electron chi connectivity index (χ3n) is 12.6. The number of hydrogen-bond donors (Lipinski definition) is 3. The van der Waals surface area contributed by atoms with Gasteiger partial charge >= 0.3 is 5.97 Å². The van der Waals surface area contributed by atoms with Gasteiger partial charge in [-0.25, -0.2) is 0 Å². The Labute approximate surface area is 374 Å². The van der Waals surface area contributed by atoms with E-state index in [1.54, 1.807) is 0 Å². The molecular weight excluding hydrogens is 743 g/mol. The summed E-state index contributed by atoms with van der Waals surface area (Å²) in [6.45, 7) is 6.50. The summed E-state index contributed by atoms with van der Waals surface area (Å²) < 4.78 is 5.94. The van der Waals surface area contributed by atoms with Gasteiger partial charge in [0.25, 0.3) is 0 Å². The molecule has 3 N–H and O–H groups in total. The molecule has 0 saturated heterocycles. The van der Waals surface area contributed by atoms with E-state index in [4.69, 9.17) is 4.74 Å². The minimum absolute atomic E-state index is 0.0741. The van der Waals surface area contributed by atoms with Crippen LogP contribution in [-0.2, 0) is 14.3 Å². The van der Waals surface area contributed by atoms with Gasteiger partial charge in [0.05, 0.1) is 25.2 Å². The molecule has 0 radical (unpaired) electrons. The lowest BCUT2D eigenvalue weighted by Gasteiger charge is -2.24. The zero-order valence-electron chi connectivity index (χ0n) is 40.6. The second kappa shape index (κ2) is 48.6. The highest BCUT2D eigenvalue weighted by Crippen LogP contribution is 2.18. The van der Waals surface area contributed by atoms with Gasteiger partial charge in [0.15, 0.2) is 0 Å². The third-order valence-corrected chi connectivity index (χ3v) is 12.6. The van der Waals surface area contributed by atoms with Crippen LogP contribution < -0.4 is 5.32 Å². The Morgan fingerprint density at radius 1 is 0.467 bits per heavy atom. The molecule has 0 bridgehead atoms. The molecule has 0 aromatic heterocycles. The summed E-state index contributed by atoms with van der Waals surface area (Å²) in [4.78, 5) is 26.2. The van der Waals surface area contributed by atoms with Crippen LogP contribution in [0.15, 0.2) is 12.2 Å². The van der Waals surface area contributed by atoms with Crippen LogP contribution >= 0.6 is 0 Å². The van der Waals surface area contributed by atoms with Gasteiger partial charge in [-0.15, -0.1) is 0 Å². The zero-order chi connectivity index (χ0) is 43.8. The second-order valence-corrected chi connectivity index (χ2v) is 18.6. The first kappa shape index (κ1) is 58.6. The van der Waals surface area contributed by atoms with Gasteiger partial charge < -0.3 is 20.3 Å². The second-order valence-electron chi connectivity index (χ2n) is 18.6. The molecule has 0 aliphatic rings. The predicted molar refractivity (Wildman–Crippen MR) is 260 cm³/mol. The molecule has 1 amide bonds. The standard InChI is InChI=1S/C54H105NO5/c1-4-7-10-13-16-19-22-24-26-28-29-31-33-36-39-42-45-50(60-54(59)47-44-41-38-35-32-30-27-25-23-20-17-14-11-8-5-2)48-53(58)55-51(49-56)52(57)46-43-40-37-34-21-18-15-12-9-6-3/h29,31,50-52,56-57H,4-28,30,32-49H2,1-3H3,(H,55,58)/b31-29+. The van der Waals surface area contributed by atoms with Gasteiger partial charge in [-0.3, -0.25) is 9.59 Å². The maximum atomic E-state index is 13.2. The quantitative estimate of drug-likeness (QED) is 0.0322. The van der Waals surface area contributed by atoms with Crippen LogP contribution in [0.5, 0.6) is 0 Å². The number of esters is 1. The van der Waals surface area contributed by atoms with E-state index in [1.165, 1.54) is 193 Å². The highest BCUT2D eigenvalue weighted by atomic mass is 16.5. The Balaban J connectivity index is 4.55. The Morgan fingerprint density at radius 3 is 1.20 bits per heavy atom. The minimum Gasteiger partial charge on any atom is -0.462 e. The summed E-state index contributed by atoms with van der Waals surface area (Å²) in [5.41, 5.74) is 0. The number of unbranched alkanes of at least 4 members (excludes halogenated alkanes) is 35. The zero-order valence-corrected chi connectivity index (χ0v) is 40.6. The minimum atomic E-state index is -0.785. The largest absolute Gasteiger partial charge is 0.462 e. The van der Waals surface area contributed by atoms with E-state index in [0.29, 0.717) is 19.3 Å². The highest BCUT2D eigenvalue weighted by Gasteiger charge is 2.24. The van der Waals surface area contributed by atoms with E-state index in [9.17, 15) is 19.8 Å². The fourth-order valence-corrected chi connectivity index (χ4v) is 8.49. The molecule has 0 saturated carbocycles. The van der Waals surface area contributed by atoms with Gasteiger partial charge in [-0.2, -0.15) is 0 Å². The van der Waals surface area contributed by atoms with E-state index in [1.807, 2.05) is 0 Å². The summed E-state index contributed by atoms with van der Waals surface area (Å²) in [6.07, 6.45) is 54.2. The average Bonchev–Trinajstić information content (AvgIpc) is 3.24. The van der Waals surface area contributed by atoms with Crippen molar-refractivity contribution in [1.82, 2.24) is 5.32 Å². The van der Waals surface area contributed by atoms with Gasteiger partial charge in [0.2, 0.25) is 5.91 Å². The summed E-state index contributed by atoms with van der Waals surface area (Å²) in [7, 11) is 0. The van der Waals surface area contributed by atoms with Crippen LogP contribution in [0.1, 0.15) is 297 Å². The normalized spacial score (nSPS) is 13.2. The van der Waals surface area contributed by atoms with Crippen LogP contribution in [0.25, 0.3) is 0 Å². The first-order valence-corrected chi connectivity index (χ1v) is 26.9. The fourth-order valence-electron chi connectivity index (χ4n) is 8.49. The van der Waals surface area contributed by atoms with Crippen LogP contribution in [0, 0.1) is 0 Å². The van der Waals surface area contributed by atoms with E-state index in [-0.39, 0.29) is 24.9 Å². The average molecular weight is 848 g/mol. The molecule has 60 heavy (non-hydrogen) atoms. The number of ether oxygens (including phenoxy) is 1. The van der Waals surface area contributed by atoms with Gasteiger partial charge in [0.1, 0.15) is 6.10 Å². The third kappa shape index (κ3) is 43.3. The molecule has 0 fully saturated rings. The number of aliphatic hydroxyl groups is 2. The molecule has 0 aliphatic carbocycles. The molecule has 3 atom stereocenters. The lowest BCUT2D eigenvalue weighted by Crippen LogP contribution is -2.46. The molecule has 356 valence electrons. The van der Waals surface area contributed by atoms with Crippen molar-refractivity contribution in [1.29, 1.82) is 0 Å². The van der Waals surface area contributed by atoms with Crippen molar-refractivity contribution in [3.8, 4) is 0 Å². The van der Waals surface area contributed by atoms with Crippen molar-refractivity contribution in [2.24, 2.45) is 0 Å². The van der Waals surface area contributed by atoms with Crippen molar-refractivity contribution in [3.63, 3.8) is 0 Å². The molecule has 0 aliphatic heterocycles. The number of allylic oxidation sites excluding steroid dienone is 2. The predicted octanol–water partition coefficient (Wildman–Crippen LogP) is 16.1. The number of amides is 1. The topological polar surface area (TPSA) is 95.9 Å². The molecule has 0 rings (SSSR count). The van der Waals surface area contributed by atoms with Crippen molar-refractivity contribution in [3.05, 3.63) is 12.2 Å². The number of nitrogens with one attached hydrogen (secondary N) is 1. The summed E-state index contributed by atoms with van der Waals surface area (Å²) in [5.74, 6) is -0.470. The van der Waals surface area contributed by atoms with Crippen molar-refractivity contribution in [2.75, 3.05) is 6.61 Å². The highest BCUT2D eigenvalue weighted by molar-refractivity contribution is 5.77. The molecule has 3 unspecified atom stereocenters. The molecule has 6 nitrogen and oxygen atoms in total. The Hall–Kier alpha value is -1.40. The van der Waals surface area contributed by atoms with Crippen molar-refractivity contribution >= 4 is 11.9 Å². The Morgan fingerprint density at radius 2 is 0.800 bits per heavy atom. The summed E-state index contributed by atoms with van der Waals surface area (Å²) in [5, 5.41) is 23.7. The number of hydrogen-bond acceptors (Lipinski definition) is 5. The number of aliphatic hydroxyl groups excluding tert-OH is 2. The van der Waals surface area contributed by atoms with Gasteiger partial charge in [0, 0.05) is 6.42 Å². The molecule has 6 heteroatoms. The van der Waals surface area contributed by atoms with Gasteiger partial charge in [-0.05, 0) is 51.4 Å². The molecule has 0 heterocycles. The van der Waals surface area contributed by atoms with Crippen LogP contribution in [0.4, 0.5) is 0 Å². The van der Waals surface area contributed by atoms with Crippen LogP contribution in [-0.4, -0.2) is 46.9 Å². The lowest BCUT2D eigenvalue weighted by atomic mass is 10.0. The summed E-state index contributed by atoms with van der Waals surface area (Å²) >= 11 is 0. The number of carbonyl (C=O) groups excluding carboxylic acids is 2. The first-order chi connectivity index (χ1) is 29.5. The SMILES string of the molecule is CCCCCCCCCCC/C=C/CCCCCC(CC(=O)NC(CO)C(O)CCCCCCCCCCCC)OC(=O)CCCCCCCCCCCCCCCCC. The lowest BCUT2D eigenvalue weighted by molar-refractivity contribution is -0.151. The maximum absolute atomic E-state index is 13.2. The van der Waals surface area contributed by atoms with Crippen molar-refractivity contribution < 1.29 is 24.5 Å². The Kier molecular flexibility index (Phi) is 47.5. The van der Waals surface area contributed by atoms with Crippen molar-refractivity contribution in [2.45, 2.75) is 315 Å². The van der Waals surface area contributed by atoms with Crippen LogP contribution in [0.2, 0.25) is 0 Å². The fraction of sp³-hybridized carbons (Fsp3) is 0.926. The molecule has 0 aromatic carbocycles. The Bertz CT molecular complexity index is 909. The van der Waals surface area contributed by atoms with E-state index < -0.39 is 18.2 Å². The molecule has 0 aromatic rings. The van der Waals surface area contributed by atoms with Crippen LogP contribution in [0.3, 0.4) is 0 Å². The van der Waals surface area contributed by atoms with E-state index in [2.05, 4.69) is 38.2 Å². The van der Waals surface area contributed by atoms with Gasteiger partial charge in [-0.1, -0.05) is 245 Å². The number of carbonyl (C=O) groups is 2. The van der Waals surface area contributed by atoms with E-state index >= 15 is 0 Å². The molecular formula is C54H105NO5. The first-order valence-electron chi connectivity index (χ1n) is 26.9. The smallest absolute Gasteiger partial charge is 0.306 e. The molecule has 0 spiro atoms.